The molecule has 1 aromatic rings. The number of ether oxygens (including phenoxy) is 1. The van der Waals surface area contributed by atoms with Crippen LogP contribution in [0.15, 0.2) is 24.3 Å². The second-order valence-electron chi connectivity index (χ2n) is 3.78. The summed E-state index contributed by atoms with van der Waals surface area (Å²) in [7, 11) is 0. The van der Waals surface area contributed by atoms with Gasteiger partial charge < -0.3 is 14.7 Å². The highest BCUT2D eigenvalue weighted by molar-refractivity contribution is 6.39. The van der Waals surface area contributed by atoms with Crippen molar-refractivity contribution in [1.29, 1.82) is 0 Å². The van der Waals surface area contributed by atoms with Crippen LogP contribution in [0.5, 0.6) is 0 Å². The van der Waals surface area contributed by atoms with Gasteiger partial charge in [-0.1, -0.05) is 0 Å². The maximum atomic E-state index is 11.2. The fraction of sp³-hybridized carbons (Fsp3) is 0.333. The molecule has 5 nitrogen and oxygen atoms in total. The third-order valence-corrected chi connectivity index (χ3v) is 2.70. The van der Waals surface area contributed by atoms with Crippen molar-refractivity contribution in [3.05, 3.63) is 29.8 Å². The van der Waals surface area contributed by atoms with E-state index in [1.54, 1.807) is 24.3 Å². The van der Waals surface area contributed by atoms with Crippen LogP contribution >= 0.6 is 0 Å². The summed E-state index contributed by atoms with van der Waals surface area (Å²) in [4.78, 5) is 23.8. The molecule has 0 atom stereocenters. The number of carbonyl (C=O) groups is 2. The predicted molar refractivity (Wildman–Crippen MR) is 61.4 cm³/mol. The fourth-order valence-electron chi connectivity index (χ4n) is 1.77. The van der Waals surface area contributed by atoms with Crippen molar-refractivity contribution in [1.82, 2.24) is 0 Å². The van der Waals surface area contributed by atoms with Gasteiger partial charge in [-0.3, -0.25) is 4.79 Å². The van der Waals surface area contributed by atoms with Crippen molar-refractivity contribution < 1.29 is 19.4 Å². The standard InChI is InChI=1S/C12H13NO4/c14-11(12(15)16)9-1-3-10(4-2-9)13-5-7-17-8-6-13/h1-4H,5-8H2,(H,15,16). The van der Waals surface area contributed by atoms with Gasteiger partial charge in [-0.15, -0.1) is 0 Å². The number of benzene rings is 1. The number of carboxylic acids is 1. The van der Waals surface area contributed by atoms with E-state index >= 15 is 0 Å². The molecule has 0 aromatic heterocycles. The zero-order valence-corrected chi connectivity index (χ0v) is 9.26. The maximum Gasteiger partial charge on any atom is 0.377 e. The minimum Gasteiger partial charge on any atom is -0.475 e. The summed E-state index contributed by atoms with van der Waals surface area (Å²) in [6.45, 7) is 3.00. The Bertz CT molecular complexity index is 421. The van der Waals surface area contributed by atoms with E-state index in [9.17, 15) is 9.59 Å². The Balaban J connectivity index is 2.12. The van der Waals surface area contributed by atoms with Crippen molar-refractivity contribution in [3.8, 4) is 0 Å². The van der Waals surface area contributed by atoms with Gasteiger partial charge in [0, 0.05) is 24.3 Å². The van der Waals surface area contributed by atoms with E-state index in [4.69, 9.17) is 9.84 Å². The normalized spacial score (nSPS) is 15.6. The zero-order chi connectivity index (χ0) is 12.3. The number of ketones is 1. The Labute approximate surface area is 98.6 Å². The molecule has 17 heavy (non-hydrogen) atoms. The summed E-state index contributed by atoms with van der Waals surface area (Å²) in [5.74, 6) is -2.30. The molecular formula is C12H13NO4. The van der Waals surface area contributed by atoms with Crippen LogP contribution in [0.3, 0.4) is 0 Å². The van der Waals surface area contributed by atoms with Crippen molar-refractivity contribution >= 4 is 17.4 Å². The number of hydrogen-bond donors (Lipinski definition) is 1. The number of morpholine rings is 1. The second kappa shape index (κ2) is 4.97. The molecule has 1 aliphatic rings. The fourth-order valence-corrected chi connectivity index (χ4v) is 1.77. The van der Waals surface area contributed by atoms with Gasteiger partial charge in [0.25, 0.3) is 5.78 Å². The number of aliphatic carboxylic acids is 1. The van der Waals surface area contributed by atoms with Crippen LogP contribution in [-0.2, 0) is 9.53 Å². The maximum absolute atomic E-state index is 11.2. The number of Topliss-reactive ketones (excluding diaryl/α,β-unsaturated/α-hetero) is 1. The average molecular weight is 235 g/mol. The molecule has 90 valence electrons. The molecule has 0 aliphatic carbocycles. The molecule has 0 unspecified atom stereocenters. The minimum atomic E-state index is -1.43. The van der Waals surface area contributed by atoms with Gasteiger partial charge in [-0.05, 0) is 24.3 Å². The van der Waals surface area contributed by atoms with Gasteiger partial charge in [-0.2, -0.15) is 0 Å². The van der Waals surface area contributed by atoms with Crippen LogP contribution in [-0.4, -0.2) is 43.2 Å². The molecule has 0 amide bonds. The molecule has 5 heteroatoms. The van der Waals surface area contributed by atoms with E-state index in [-0.39, 0.29) is 5.56 Å². The Kier molecular flexibility index (Phi) is 3.39. The Morgan fingerprint density at radius 1 is 1.12 bits per heavy atom. The molecule has 2 rings (SSSR count). The van der Waals surface area contributed by atoms with Crippen LogP contribution < -0.4 is 4.90 Å². The number of carbonyl (C=O) groups excluding carboxylic acids is 1. The van der Waals surface area contributed by atoms with Gasteiger partial charge in [-0.25, -0.2) is 4.79 Å². The smallest absolute Gasteiger partial charge is 0.377 e. The Morgan fingerprint density at radius 2 is 1.71 bits per heavy atom. The lowest BCUT2D eigenvalue weighted by atomic mass is 10.1. The lowest BCUT2D eigenvalue weighted by Crippen LogP contribution is -2.36. The summed E-state index contributed by atoms with van der Waals surface area (Å²) < 4.78 is 5.24. The monoisotopic (exact) mass is 235 g/mol. The lowest BCUT2D eigenvalue weighted by molar-refractivity contribution is -0.131. The highest BCUT2D eigenvalue weighted by atomic mass is 16.5. The third-order valence-electron chi connectivity index (χ3n) is 2.70. The number of hydrogen-bond acceptors (Lipinski definition) is 4. The first-order valence-corrected chi connectivity index (χ1v) is 5.39. The lowest BCUT2D eigenvalue weighted by Gasteiger charge is -2.28. The van der Waals surface area contributed by atoms with Gasteiger partial charge in [0.15, 0.2) is 0 Å². The minimum absolute atomic E-state index is 0.203. The van der Waals surface area contributed by atoms with E-state index in [0.29, 0.717) is 13.2 Å². The predicted octanol–water partition coefficient (Wildman–Crippen LogP) is 0.790. The van der Waals surface area contributed by atoms with E-state index in [0.717, 1.165) is 18.8 Å². The number of anilines is 1. The van der Waals surface area contributed by atoms with Crippen molar-refractivity contribution in [3.63, 3.8) is 0 Å². The van der Waals surface area contributed by atoms with Crippen LogP contribution in [0.25, 0.3) is 0 Å². The summed E-state index contributed by atoms with van der Waals surface area (Å²) >= 11 is 0. The summed E-state index contributed by atoms with van der Waals surface area (Å²) in [6, 6.07) is 6.62. The molecule has 1 saturated heterocycles. The Morgan fingerprint density at radius 3 is 2.24 bits per heavy atom. The first kappa shape index (κ1) is 11.6. The molecule has 0 bridgehead atoms. The molecular weight excluding hydrogens is 222 g/mol. The third kappa shape index (κ3) is 2.62. The van der Waals surface area contributed by atoms with E-state index in [2.05, 4.69) is 4.90 Å². The molecule has 0 saturated carbocycles. The molecule has 0 radical (unpaired) electrons. The van der Waals surface area contributed by atoms with Crippen LogP contribution in [0.2, 0.25) is 0 Å². The van der Waals surface area contributed by atoms with E-state index < -0.39 is 11.8 Å². The molecule has 0 spiro atoms. The van der Waals surface area contributed by atoms with Crippen molar-refractivity contribution in [2.45, 2.75) is 0 Å². The van der Waals surface area contributed by atoms with Crippen LogP contribution in [0.4, 0.5) is 5.69 Å². The first-order valence-electron chi connectivity index (χ1n) is 5.39. The molecule has 1 aromatic carbocycles. The molecule has 1 aliphatic heterocycles. The quantitative estimate of drug-likeness (QED) is 0.619. The van der Waals surface area contributed by atoms with E-state index in [1.807, 2.05) is 0 Å². The van der Waals surface area contributed by atoms with Gasteiger partial charge in [0.1, 0.15) is 0 Å². The number of rotatable bonds is 3. The van der Waals surface area contributed by atoms with E-state index in [1.165, 1.54) is 0 Å². The van der Waals surface area contributed by atoms with Crippen LogP contribution in [0, 0.1) is 0 Å². The van der Waals surface area contributed by atoms with Gasteiger partial charge >= 0.3 is 5.97 Å². The van der Waals surface area contributed by atoms with Crippen LogP contribution in [0.1, 0.15) is 10.4 Å². The second-order valence-corrected chi connectivity index (χ2v) is 3.78. The number of carboxylic acid groups (broad SMARTS) is 1. The highest BCUT2D eigenvalue weighted by Gasteiger charge is 2.15. The van der Waals surface area contributed by atoms with Crippen molar-refractivity contribution in [2.24, 2.45) is 0 Å². The summed E-state index contributed by atoms with van der Waals surface area (Å²) in [5, 5.41) is 8.58. The van der Waals surface area contributed by atoms with Gasteiger partial charge in [0.05, 0.1) is 13.2 Å². The van der Waals surface area contributed by atoms with Gasteiger partial charge in [0.2, 0.25) is 0 Å². The summed E-state index contributed by atoms with van der Waals surface area (Å²) in [6.07, 6.45) is 0. The molecule has 1 heterocycles. The summed E-state index contributed by atoms with van der Waals surface area (Å²) in [5.41, 5.74) is 1.18. The SMILES string of the molecule is O=C(O)C(=O)c1ccc(N2CCOCC2)cc1. The number of nitrogens with zero attached hydrogens (tertiary/aromatic N) is 1. The highest BCUT2D eigenvalue weighted by Crippen LogP contribution is 2.16. The Hall–Kier alpha value is -1.88. The first-order chi connectivity index (χ1) is 8.18. The largest absolute Gasteiger partial charge is 0.475 e. The average Bonchev–Trinajstić information content (AvgIpc) is 2.39. The van der Waals surface area contributed by atoms with Crippen molar-refractivity contribution in [2.75, 3.05) is 31.2 Å². The zero-order valence-electron chi connectivity index (χ0n) is 9.26. The molecule has 1 fully saturated rings. The topological polar surface area (TPSA) is 66.8 Å². The molecule has 1 N–H and O–H groups in total.